The van der Waals surface area contributed by atoms with Gasteiger partial charge in [0.1, 0.15) is 5.69 Å². The number of amides is 1. The quantitative estimate of drug-likeness (QED) is 0.498. The fraction of sp³-hybridized carbons (Fsp3) is 0.154. The average molecular weight is 425 g/mol. The number of aryl methyl sites for hydroxylation is 2. The Labute approximate surface area is 186 Å². The van der Waals surface area contributed by atoms with Crippen LogP contribution in [0.1, 0.15) is 27.2 Å². The van der Waals surface area contributed by atoms with Crippen LogP contribution >= 0.6 is 0 Å². The van der Waals surface area contributed by atoms with Crippen LogP contribution in [0.5, 0.6) is 11.5 Å². The Hall–Kier alpha value is -4.06. The zero-order chi connectivity index (χ0) is 22.1. The minimum absolute atomic E-state index is 0.196. The second kappa shape index (κ2) is 8.23. The Morgan fingerprint density at radius 1 is 0.969 bits per heavy atom. The maximum Gasteiger partial charge on any atom is 0.270 e. The first-order valence-electron chi connectivity index (χ1n) is 10.5. The molecule has 6 heteroatoms. The average Bonchev–Trinajstić information content (AvgIpc) is 3.46. The second-order valence-corrected chi connectivity index (χ2v) is 7.85. The highest BCUT2D eigenvalue weighted by Crippen LogP contribution is 2.32. The van der Waals surface area contributed by atoms with Gasteiger partial charge in [-0.15, -0.1) is 0 Å². The van der Waals surface area contributed by atoms with E-state index in [1.54, 1.807) is 4.68 Å². The summed E-state index contributed by atoms with van der Waals surface area (Å²) in [7, 11) is 0. The van der Waals surface area contributed by atoms with Crippen LogP contribution in [0.4, 0.5) is 0 Å². The largest absolute Gasteiger partial charge is 0.454 e. The number of hydrogen-bond donors (Lipinski definition) is 1. The Morgan fingerprint density at radius 2 is 1.78 bits per heavy atom. The number of nitrogens with zero attached hydrogens (tertiary/aromatic N) is 2. The molecule has 1 amide bonds. The van der Waals surface area contributed by atoms with Crippen LogP contribution < -0.4 is 14.8 Å². The van der Waals surface area contributed by atoms with Gasteiger partial charge in [-0.05, 0) is 54.8 Å². The first-order chi connectivity index (χ1) is 15.6. The molecular formula is C26H23N3O3. The van der Waals surface area contributed by atoms with Crippen LogP contribution in [0.2, 0.25) is 0 Å². The molecule has 4 aromatic rings. The molecule has 3 aromatic carbocycles. The molecule has 0 saturated heterocycles. The number of aromatic nitrogens is 2. The molecule has 0 bridgehead atoms. The van der Waals surface area contributed by atoms with Crippen molar-refractivity contribution in [3.63, 3.8) is 0 Å². The molecular weight excluding hydrogens is 402 g/mol. The Morgan fingerprint density at radius 3 is 2.62 bits per heavy atom. The fourth-order valence-corrected chi connectivity index (χ4v) is 3.75. The maximum absolute atomic E-state index is 13.3. The van der Waals surface area contributed by atoms with Crippen molar-refractivity contribution in [2.24, 2.45) is 0 Å². The molecule has 160 valence electrons. The Balaban J connectivity index is 1.48. The lowest BCUT2D eigenvalue weighted by Gasteiger charge is -2.12. The molecule has 1 aliphatic rings. The van der Waals surface area contributed by atoms with Gasteiger partial charge in [0.2, 0.25) is 6.79 Å². The Bertz CT molecular complexity index is 1300. The van der Waals surface area contributed by atoms with Crippen molar-refractivity contribution in [1.82, 2.24) is 15.1 Å². The fourth-order valence-electron chi connectivity index (χ4n) is 3.75. The molecule has 32 heavy (non-hydrogen) atoms. The van der Waals surface area contributed by atoms with Crippen molar-refractivity contribution in [3.8, 4) is 28.4 Å². The minimum atomic E-state index is -0.196. The van der Waals surface area contributed by atoms with Crippen molar-refractivity contribution in [3.05, 3.63) is 95.2 Å². The summed E-state index contributed by atoms with van der Waals surface area (Å²) in [6.45, 7) is 4.65. The van der Waals surface area contributed by atoms with Gasteiger partial charge in [0.25, 0.3) is 5.91 Å². The second-order valence-electron chi connectivity index (χ2n) is 7.85. The zero-order valence-electron chi connectivity index (χ0n) is 18.0. The van der Waals surface area contributed by atoms with E-state index in [2.05, 4.69) is 11.4 Å². The molecule has 0 radical (unpaired) electrons. The number of benzene rings is 3. The number of fused-ring (bicyclic) bond motifs is 1. The van der Waals surface area contributed by atoms with E-state index in [4.69, 9.17) is 14.6 Å². The summed E-state index contributed by atoms with van der Waals surface area (Å²) in [5.74, 6) is 1.22. The molecule has 1 N–H and O–H groups in total. The highest BCUT2D eigenvalue weighted by molar-refractivity contribution is 5.94. The lowest BCUT2D eigenvalue weighted by atomic mass is 10.1. The van der Waals surface area contributed by atoms with Gasteiger partial charge >= 0.3 is 0 Å². The highest BCUT2D eigenvalue weighted by atomic mass is 16.7. The summed E-state index contributed by atoms with van der Waals surface area (Å²) >= 11 is 0. The smallest absolute Gasteiger partial charge is 0.270 e. The van der Waals surface area contributed by atoms with Gasteiger partial charge in [0.05, 0.1) is 11.4 Å². The molecule has 0 atom stereocenters. The van der Waals surface area contributed by atoms with E-state index < -0.39 is 0 Å². The Kier molecular flexibility index (Phi) is 5.11. The SMILES string of the molecule is Cc1ccc(C)c(-n2nc(-c3ccccc3)cc2C(=O)NCc2ccc3c(c2)OCO3)c1. The summed E-state index contributed by atoms with van der Waals surface area (Å²) < 4.78 is 12.5. The molecule has 0 saturated carbocycles. The molecule has 6 nitrogen and oxygen atoms in total. The van der Waals surface area contributed by atoms with Crippen LogP contribution in [0.3, 0.4) is 0 Å². The third kappa shape index (κ3) is 3.83. The predicted molar refractivity (Wildman–Crippen MR) is 122 cm³/mol. The van der Waals surface area contributed by atoms with Crippen molar-refractivity contribution in [2.75, 3.05) is 6.79 Å². The van der Waals surface area contributed by atoms with E-state index in [1.807, 2.05) is 80.6 Å². The molecule has 0 unspecified atom stereocenters. The van der Waals surface area contributed by atoms with Crippen molar-refractivity contribution in [2.45, 2.75) is 20.4 Å². The summed E-state index contributed by atoms with van der Waals surface area (Å²) in [6.07, 6.45) is 0. The van der Waals surface area contributed by atoms with E-state index in [0.29, 0.717) is 18.0 Å². The molecule has 2 heterocycles. The molecule has 0 fully saturated rings. The number of ether oxygens (including phenoxy) is 2. The molecule has 0 aliphatic carbocycles. The van der Waals surface area contributed by atoms with E-state index in [1.165, 1.54) is 0 Å². The van der Waals surface area contributed by atoms with Gasteiger partial charge < -0.3 is 14.8 Å². The first-order valence-corrected chi connectivity index (χ1v) is 10.5. The monoisotopic (exact) mass is 425 g/mol. The summed E-state index contributed by atoms with van der Waals surface area (Å²) in [4.78, 5) is 13.3. The lowest BCUT2D eigenvalue weighted by Crippen LogP contribution is -2.25. The van der Waals surface area contributed by atoms with Crippen LogP contribution in [0.15, 0.2) is 72.8 Å². The normalized spacial score (nSPS) is 12.1. The highest BCUT2D eigenvalue weighted by Gasteiger charge is 2.19. The van der Waals surface area contributed by atoms with Gasteiger partial charge in [-0.2, -0.15) is 5.10 Å². The topological polar surface area (TPSA) is 65.4 Å². The number of hydrogen-bond acceptors (Lipinski definition) is 4. The first kappa shape index (κ1) is 19.9. The van der Waals surface area contributed by atoms with E-state index in [9.17, 15) is 4.79 Å². The van der Waals surface area contributed by atoms with Crippen LogP contribution in [0.25, 0.3) is 16.9 Å². The number of nitrogens with one attached hydrogen (secondary N) is 1. The molecule has 1 aromatic heterocycles. The lowest BCUT2D eigenvalue weighted by molar-refractivity contribution is 0.0943. The maximum atomic E-state index is 13.3. The third-order valence-electron chi connectivity index (χ3n) is 5.49. The number of carbonyl (C=O) groups excluding carboxylic acids is 1. The number of rotatable bonds is 5. The van der Waals surface area contributed by atoms with Crippen LogP contribution in [-0.2, 0) is 6.54 Å². The third-order valence-corrected chi connectivity index (χ3v) is 5.49. The van der Waals surface area contributed by atoms with Gasteiger partial charge in [-0.1, -0.05) is 48.5 Å². The standard InChI is InChI=1S/C26H23N3O3/c1-17-8-9-18(2)22(12-17)29-23(14-21(28-29)20-6-4-3-5-7-20)26(30)27-15-19-10-11-24-25(13-19)32-16-31-24/h3-14H,15-16H2,1-2H3,(H,27,30). The van der Waals surface area contributed by atoms with Gasteiger partial charge in [-0.25, -0.2) is 4.68 Å². The van der Waals surface area contributed by atoms with Crippen LogP contribution in [-0.4, -0.2) is 22.5 Å². The minimum Gasteiger partial charge on any atom is -0.454 e. The van der Waals surface area contributed by atoms with Crippen LogP contribution in [0, 0.1) is 13.8 Å². The number of carbonyl (C=O) groups is 1. The predicted octanol–water partition coefficient (Wildman–Crippen LogP) is 4.81. The van der Waals surface area contributed by atoms with Gasteiger partial charge in [-0.3, -0.25) is 4.79 Å². The van der Waals surface area contributed by atoms with E-state index >= 15 is 0 Å². The van der Waals surface area contributed by atoms with Crippen molar-refractivity contribution < 1.29 is 14.3 Å². The summed E-state index contributed by atoms with van der Waals surface area (Å²) in [5, 5.41) is 7.81. The molecule has 5 rings (SSSR count). The van der Waals surface area contributed by atoms with Crippen molar-refractivity contribution in [1.29, 1.82) is 0 Å². The van der Waals surface area contributed by atoms with Gasteiger partial charge in [0.15, 0.2) is 11.5 Å². The van der Waals surface area contributed by atoms with E-state index in [-0.39, 0.29) is 12.7 Å². The van der Waals surface area contributed by atoms with Crippen molar-refractivity contribution >= 4 is 5.91 Å². The van der Waals surface area contributed by atoms with E-state index in [0.717, 1.165) is 39.4 Å². The summed E-state index contributed by atoms with van der Waals surface area (Å²) in [5.41, 5.74) is 6.17. The zero-order valence-corrected chi connectivity index (χ0v) is 18.0. The van der Waals surface area contributed by atoms with Gasteiger partial charge in [0, 0.05) is 12.1 Å². The molecule has 0 spiro atoms. The summed E-state index contributed by atoms with van der Waals surface area (Å²) in [6, 6.07) is 23.5. The molecule has 1 aliphatic heterocycles.